The van der Waals surface area contributed by atoms with Crippen LogP contribution in [-0.2, 0) is 37.3 Å². The highest BCUT2D eigenvalue weighted by Crippen LogP contribution is 2.38. The molecule has 5 rings (SSSR count). The molecule has 3 aliphatic rings. The van der Waals surface area contributed by atoms with Crippen molar-refractivity contribution >= 4 is 50.2 Å². The van der Waals surface area contributed by atoms with Crippen LogP contribution in [-0.4, -0.2) is 117 Å². The lowest BCUT2D eigenvalue weighted by molar-refractivity contribution is -0.129. The van der Waals surface area contributed by atoms with Crippen molar-refractivity contribution in [2.24, 2.45) is 0 Å². The number of morpholine rings is 1. The van der Waals surface area contributed by atoms with Gasteiger partial charge in [0.15, 0.2) is 0 Å². The molecule has 232 valence electrons. The van der Waals surface area contributed by atoms with Gasteiger partial charge in [-0.15, -0.1) is 11.3 Å². The van der Waals surface area contributed by atoms with Gasteiger partial charge in [-0.05, 0) is 43.2 Å². The molecule has 13 nitrogen and oxygen atoms in total. The van der Waals surface area contributed by atoms with E-state index in [1.165, 1.54) is 51.7 Å². The maximum Gasteiger partial charge on any atom is 0.409 e. The van der Waals surface area contributed by atoms with Crippen LogP contribution in [0, 0.1) is 0 Å². The number of carbonyl (C=O) groups is 4. The molecule has 2 aromatic rings. The minimum absolute atomic E-state index is 0.0349. The number of amides is 4. The number of benzene rings is 1. The Balaban J connectivity index is 1.32. The number of ether oxygens (including phenoxy) is 2. The fourth-order valence-electron chi connectivity index (χ4n) is 5.34. The highest BCUT2D eigenvalue weighted by atomic mass is 32.2. The fraction of sp³-hybridized carbons (Fsp3) is 0.500. The molecule has 0 atom stereocenters. The predicted octanol–water partition coefficient (Wildman–Crippen LogP) is 1.84. The van der Waals surface area contributed by atoms with Crippen LogP contribution < -0.4 is 5.32 Å². The predicted molar refractivity (Wildman–Crippen MR) is 158 cm³/mol. The van der Waals surface area contributed by atoms with Crippen molar-refractivity contribution in [1.82, 2.24) is 19.0 Å². The van der Waals surface area contributed by atoms with Crippen LogP contribution in [0.25, 0.3) is 0 Å². The number of carbonyl (C=O) groups excluding carboxylic acids is 4. The summed E-state index contributed by atoms with van der Waals surface area (Å²) >= 11 is 1.29. The van der Waals surface area contributed by atoms with Crippen molar-refractivity contribution in [3.63, 3.8) is 0 Å². The first kappa shape index (κ1) is 30.9. The number of thiophene rings is 1. The lowest BCUT2D eigenvalue weighted by Gasteiger charge is -2.33. The molecule has 0 bridgehead atoms. The number of fused-ring (bicyclic) bond motifs is 1. The Morgan fingerprint density at radius 1 is 0.930 bits per heavy atom. The van der Waals surface area contributed by atoms with E-state index in [1.54, 1.807) is 16.7 Å². The number of sulfonamides is 1. The monoisotopic (exact) mass is 633 g/mol. The molecular weight excluding hydrogens is 598 g/mol. The number of anilines is 1. The zero-order valence-electron chi connectivity index (χ0n) is 24.2. The molecule has 1 aromatic carbocycles. The molecule has 3 aliphatic heterocycles. The van der Waals surface area contributed by atoms with Gasteiger partial charge in [0.2, 0.25) is 15.9 Å². The van der Waals surface area contributed by atoms with Gasteiger partial charge in [-0.25, -0.2) is 13.2 Å². The Morgan fingerprint density at radius 2 is 1.60 bits per heavy atom. The van der Waals surface area contributed by atoms with Crippen LogP contribution in [0.4, 0.5) is 9.80 Å². The Morgan fingerprint density at radius 3 is 2.23 bits per heavy atom. The first-order valence-electron chi connectivity index (χ1n) is 14.2. The van der Waals surface area contributed by atoms with Crippen molar-refractivity contribution in [1.29, 1.82) is 0 Å². The fourth-order valence-corrected chi connectivity index (χ4v) is 8.01. The molecule has 0 saturated carbocycles. The van der Waals surface area contributed by atoms with E-state index in [0.717, 1.165) is 10.4 Å². The van der Waals surface area contributed by atoms with Gasteiger partial charge in [0.1, 0.15) is 5.00 Å². The van der Waals surface area contributed by atoms with Gasteiger partial charge in [-0.2, -0.15) is 4.31 Å². The molecule has 1 N–H and O–H groups in total. The molecule has 0 spiro atoms. The van der Waals surface area contributed by atoms with E-state index in [9.17, 15) is 27.6 Å². The summed E-state index contributed by atoms with van der Waals surface area (Å²) in [4.78, 5) is 56.7. The first-order chi connectivity index (χ1) is 20.6. The van der Waals surface area contributed by atoms with Gasteiger partial charge in [0.25, 0.3) is 11.8 Å². The van der Waals surface area contributed by atoms with Crippen molar-refractivity contribution in [3.8, 4) is 0 Å². The van der Waals surface area contributed by atoms with Crippen molar-refractivity contribution in [2.75, 3.05) is 71.0 Å². The van der Waals surface area contributed by atoms with Gasteiger partial charge in [-0.3, -0.25) is 14.4 Å². The lowest BCUT2D eigenvalue weighted by atomic mass is 10.0. The standard InChI is InChI=1S/C28H35N5O8S2/c1-3-41-28(37)31-10-12-33(13-11-31)43(38,39)21-6-4-20(5-7-21)25(35)29-26-24(27(36)30-14-16-40-17-15-30)22-8-9-32(19(2)34)18-23(22)42-26/h4-7H,3,8-18H2,1-2H3,(H,29,35). The third kappa shape index (κ3) is 6.54. The molecule has 0 unspecified atom stereocenters. The van der Waals surface area contributed by atoms with Gasteiger partial charge in [0.05, 0.1) is 36.8 Å². The summed E-state index contributed by atoms with van der Waals surface area (Å²) in [5, 5.41) is 3.29. The zero-order valence-corrected chi connectivity index (χ0v) is 25.8. The molecule has 15 heteroatoms. The van der Waals surface area contributed by atoms with E-state index >= 15 is 0 Å². The number of hydrogen-bond acceptors (Lipinski definition) is 9. The second-order valence-electron chi connectivity index (χ2n) is 10.4. The normalized spacial score (nSPS) is 17.8. The summed E-state index contributed by atoms with van der Waals surface area (Å²) in [5.41, 5.74) is 1.52. The second-order valence-corrected chi connectivity index (χ2v) is 13.4. The van der Waals surface area contributed by atoms with E-state index in [0.29, 0.717) is 56.4 Å². The maximum atomic E-state index is 13.6. The molecule has 4 amide bonds. The third-order valence-electron chi connectivity index (χ3n) is 7.76. The largest absolute Gasteiger partial charge is 0.450 e. The Bertz CT molecular complexity index is 1490. The number of nitrogens with one attached hydrogen (secondary N) is 1. The molecule has 4 heterocycles. The molecule has 43 heavy (non-hydrogen) atoms. The third-order valence-corrected chi connectivity index (χ3v) is 10.8. The smallest absolute Gasteiger partial charge is 0.409 e. The van der Waals surface area contributed by atoms with Crippen molar-refractivity contribution < 1.29 is 37.1 Å². The first-order valence-corrected chi connectivity index (χ1v) is 16.5. The minimum atomic E-state index is -3.84. The second kappa shape index (κ2) is 13.0. The summed E-state index contributed by atoms with van der Waals surface area (Å²) in [7, 11) is -3.84. The Kier molecular flexibility index (Phi) is 9.34. The summed E-state index contributed by atoms with van der Waals surface area (Å²) in [5.74, 6) is -0.719. The SMILES string of the molecule is CCOC(=O)N1CCN(S(=O)(=O)c2ccc(C(=O)Nc3sc4c(c3C(=O)N3CCOCC3)CCN(C(C)=O)C4)cc2)CC1. The van der Waals surface area contributed by atoms with Crippen molar-refractivity contribution in [3.05, 3.63) is 45.8 Å². The molecular formula is C28H35N5O8S2. The average Bonchev–Trinajstić information content (AvgIpc) is 3.38. The molecule has 1 aromatic heterocycles. The van der Waals surface area contributed by atoms with Crippen LogP contribution in [0.5, 0.6) is 0 Å². The van der Waals surface area contributed by atoms with Crippen LogP contribution in [0.15, 0.2) is 29.2 Å². The average molecular weight is 634 g/mol. The number of hydrogen-bond donors (Lipinski definition) is 1. The van der Waals surface area contributed by atoms with Crippen LogP contribution in [0.1, 0.15) is 45.0 Å². The summed E-state index contributed by atoms with van der Waals surface area (Å²) in [6, 6.07) is 5.63. The molecule has 0 radical (unpaired) electrons. The molecule has 0 aliphatic carbocycles. The number of piperazine rings is 1. The van der Waals surface area contributed by atoms with E-state index in [-0.39, 0.29) is 55.1 Å². The van der Waals surface area contributed by atoms with Gasteiger partial charge >= 0.3 is 6.09 Å². The molecule has 2 saturated heterocycles. The summed E-state index contributed by atoms with van der Waals surface area (Å²) < 4.78 is 38.2. The van der Waals surface area contributed by atoms with Gasteiger partial charge in [-0.1, -0.05) is 0 Å². The minimum Gasteiger partial charge on any atom is -0.450 e. The lowest BCUT2D eigenvalue weighted by Crippen LogP contribution is -2.50. The van der Waals surface area contributed by atoms with E-state index in [4.69, 9.17) is 9.47 Å². The number of nitrogens with zero attached hydrogens (tertiary/aromatic N) is 4. The van der Waals surface area contributed by atoms with E-state index in [2.05, 4.69) is 5.32 Å². The van der Waals surface area contributed by atoms with E-state index < -0.39 is 22.0 Å². The maximum absolute atomic E-state index is 13.6. The van der Waals surface area contributed by atoms with Crippen LogP contribution in [0.3, 0.4) is 0 Å². The zero-order chi connectivity index (χ0) is 30.7. The number of rotatable bonds is 6. The quantitative estimate of drug-likeness (QED) is 0.507. The van der Waals surface area contributed by atoms with Crippen molar-refractivity contribution in [2.45, 2.75) is 31.7 Å². The van der Waals surface area contributed by atoms with Gasteiger partial charge in [0, 0.05) is 63.2 Å². The van der Waals surface area contributed by atoms with Crippen LogP contribution >= 0.6 is 11.3 Å². The Hall–Kier alpha value is -3.53. The topological polar surface area (TPSA) is 146 Å². The Labute approximate surface area is 254 Å². The molecule has 2 fully saturated rings. The van der Waals surface area contributed by atoms with Crippen LogP contribution in [0.2, 0.25) is 0 Å². The summed E-state index contributed by atoms with van der Waals surface area (Å²) in [6.07, 6.45) is 0.0420. The van der Waals surface area contributed by atoms with E-state index in [1.807, 2.05) is 0 Å². The highest BCUT2D eigenvalue weighted by Gasteiger charge is 2.33. The van der Waals surface area contributed by atoms with Gasteiger partial charge < -0.3 is 29.5 Å². The summed E-state index contributed by atoms with van der Waals surface area (Å²) in [6.45, 7) is 6.81. The highest BCUT2D eigenvalue weighted by molar-refractivity contribution is 7.89.